The maximum atomic E-state index is 9.93. The van der Waals surface area contributed by atoms with Gasteiger partial charge in [0.25, 0.3) is 0 Å². The Kier molecular flexibility index (Phi) is 6.28. The summed E-state index contributed by atoms with van der Waals surface area (Å²) in [5, 5.41) is 9.28. The molecule has 0 saturated heterocycles. The third kappa shape index (κ3) is 11.9. The summed E-state index contributed by atoms with van der Waals surface area (Å²) in [6, 6.07) is 15.6. The van der Waals surface area contributed by atoms with E-state index in [2.05, 4.69) is 18.4 Å². The molecule has 2 aromatic carbocycles. The van der Waals surface area contributed by atoms with E-state index < -0.39 is 19.5 Å². The van der Waals surface area contributed by atoms with E-state index in [1.807, 2.05) is 24.3 Å². The van der Waals surface area contributed by atoms with Crippen LogP contribution in [0.3, 0.4) is 0 Å². The number of phenolic OH excluding ortho intramolecular Hbond substituents is 1. The van der Waals surface area contributed by atoms with Crippen molar-refractivity contribution < 1.29 is 26.7 Å². The first-order valence-electron chi connectivity index (χ1n) is 6.75. The van der Waals surface area contributed by atoms with E-state index >= 15 is 0 Å². The van der Waals surface area contributed by atoms with Crippen LogP contribution >= 0.6 is 0 Å². The number of hydrogen-bond donors (Lipinski definition) is 1. The fourth-order valence-electron chi connectivity index (χ4n) is 1.73. The molecule has 0 aliphatic rings. The van der Waals surface area contributed by atoms with Gasteiger partial charge in [0.1, 0.15) is 23.5 Å². The molecule has 0 aliphatic heterocycles. The summed E-state index contributed by atoms with van der Waals surface area (Å²) in [6.45, 7) is 0. The van der Waals surface area contributed by atoms with Crippen molar-refractivity contribution in [2.75, 3.05) is 13.4 Å². The first-order valence-corrected chi connectivity index (χ1v) is 14.3. The van der Waals surface area contributed by atoms with Crippen molar-refractivity contribution in [1.29, 1.82) is 0 Å². The van der Waals surface area contributed by atoms with Crippen molar-refractivity contribution in [2.45, 2.75) is 10.6 Å². The van der Waals surface area contributed by atoms with E-state index in [4.69, 9.17) is 4.74 Å². The zero-order chi connectivity index (χ0) is 19.4. The first-order chi connectivity index (χ1) is 11.1. The minimum atomic E-state index is -11.2. The van der Waals surface area contributed by atoms with Crippen LogP contribution in [0.5, 0.6) is 11.5 Å². The van der Waals surface area contributed by atoms with E-state index in [9.17, 15) is 22.0 Å². The second kappa shape index (κ2) is 7.19. The summed E-state index contributed by atoms with van der Waals surface area (Å²) < 4.78 is 64.7. The van der Waals surface area contributed by atoms with Gasteiger partial charge in [-0.05, 0) is 36.4 Å². The molecule has 0 bridgehead atoms. The molecular weight excluding hydrogens is 480 g/mol. The van der Waals surface area contributed by atoms with Crippen molar-refractivity contribution in [2.24, 2.45) is 0 Å². The summed E-state index contributed by atoms with van der Waals surface area (Å²) in [4.78, 5) is 1.27. The van der Waals surface area contributed by atoms with Gasteiger partial charge in [-0.3, -0.25) is 0 Å². The Bertz CT molecular complexity index is 675. The van der Waals surface area contributed by atoms with Crippen molar-refractivity contribution >= 4 is 30.4 Å². The normalized spacial score (nSPS) is 15.2. The SMILES string of the molecule is COc1ccc(C[S+](C)c2ccc(O)cc2)cc1.[F][Sb-]([F])([F])([F])([F])[F]. The van der Waals surface area contributed by atoms with E-state index in [0.717, 1.165) is 11.5 Å². The third-order valence-corrected chi connectivity index (χ3v) is 4.62. The van der Waals surface area contributed by atoms with Gasteiger partial charge in [-0.1, -0.05) is 12.1 Å². The molecule has 10 heteroatoms. The van der Waals surface area contributed by atoms with E-state index in [1.165, 1.54) is 10.5 Å². The van der Waals surface area contributed by atoms with Gasteiger partial charge in [-0.15, -0.1) is 0 Å². The van der Waals surface area contributed by atoms with Gasteiger partial charge >= 0.3 is 36.4 Å². The molecule has 142 valence electrons. The Hall–Kier alpha value is -1.21. The van der Waals surface area contributed by atoms with Gasteiger partial charge in [-0.2, -0.15) is 0 Å². The number of ether oxygens (including phenoxy) is 1. The van der Waals surface area contributed by atoms with Crippen molar-refractivity contribution in [3.63, 3.8) is 0 Å². The Morgan fingerprint density at radius 3 is 1.72 bits per heavy atom. The van der Waals surface area contributed by atoms with Gasteiger partial charge in [0.05, 0.1) is 7.11 Å². The molecule has 0 spiro atoms. The summed E-state index contributed by atoms with van der Waals surface area (Å²) in [5.41, 5.74) is 1.30. The van der Waals surface area contributed by atoms with E-state index in [-0.39, 0.29) is 10.9 Å². The summed E-state index contributed by atoms with van der Waals surface area (Å²) in [5.74, 6) is 2.22. The molecule has 0 heterocycles. The van der Waals surface area contributed by atoms with Gasteiger partial charge in [0.2, 0.25) is 0 Å². The van der Waals surface area contributed by atoms with Crippen LogP contribution in [-0.4, -0.2) is 37.9 Å². The van der Waals surface area contributed by atoms with Gasteiger partial charge in [-0.25, -0.2) is 0 Å². The predicted molar refractivity (Wildman–Crippen MR) is 88.8 cm³/mol. The molecule has 1 unspecified atom stereocenters. The monoisotopic (exact) mass is 496 g/mol. The molecule has 1 N–H and O–H groups in total. The van der Waals surface area contributed by atoms with E-state index in [1.54, 1.807) is 19.2 Å². The summed E-state index contributed by atoms with van der Waals surface area (Å²) >= 11 is -11.2. The second-order valence-corrected chi connectivity index (χ2v) is 12.6. The van der Waals surface area contributed by atoms with Crippen LogP contribution in [0.2, 0.25) is 0 Å². The van der Waals surface area contributed by atoms with Gasteiger partial charge < -0.3 is 9.84 Å². The molecule has 0 saturated carbocycles. The number of hydrogen-bond acceptors (Lipinski definition) is 2. The Balaban J connectivity index is 0.000000381. The average molecular weight is 497 g/mol. The van der Waals surface area contributed by atoms with Crippen LogP contribution in [0.4, 0.5) is 16.9 Å². The Morgan fingerprint density at radius 2 is 1.32 bits per heavy atom. The third-order valence-electron chi connectivity index (χ3n) is 2.78. The molecule has 0 aliphatic carbocycles. The van der Waals surface area contributed by atoms with Crippen LogP contribution in [0.25, 0.3) is 0 Å². The Morgan fingerprint density at radius 1 is 0.880 bits per heavy atom. The van der Waals surface area contributed by atoms with Crippen LogP contribution < -0.4 is 4.74 Å². The van der Waals surface area contributed by atoms with Crippen molar-refractivity contribution in [3.8, 4) is 11.5 Å². The summed E-state index contributed by atoms with van der Waals surface area (Å²) in [6.07, 6.45) is 2.22. The minimum absolute atomic E-state index is 0.147. The fourth-order valence-corrected chi connectivity index (χ4v) is 3.19. The standard InChI is InChI=1S/C15H16O2S.6FH.Sb/c1-17-14-7-3-12(4-8-14)11-18(2)15-9-5-13(16)6-10-15;;;;;;;/h3-10H,11H2,1-2H3;6*1H;/q;;;;;;;+5/p-5. The second-order valence-electron chi connectivity index (χ2n) is 5.08. The number of benzene rings is 2. The maximum absolute atomic E-state index is 11.2. The van der Waals surface area contributed by atoms with E-state index in [0.29, 0.717) is 5.75 Å². The molecular formula is C15H17F6O2SSb. The number of halogens is 6. The first kappa shape index (κ1) is 21.8. The molecule has 1 atom stereocenters. The molecule has 2 aromatic rings. The quantitative estimate of drug-likeness (QED) is 0.351. The molecule has 0 amide bonds. The molecule has 25 heavy (non-hydrogen) atoms. The molecule has 0 radical (unpaired) electrons. The average Bonchev–Trinajstić information content (AvgIpc) is 2.45. The zero-order valence-corrected chi connectivity index (χ0v) is 16.7. The number of methoxy groups -OCH3 is 1. The number of rotatable bonds is 4. The van der Waals surface area contributed by atoms with Crippen LogP contribution in [0.15, 0.2) is 53.4 Å². The number of phenols is 1. The van der Waals surface area contributed by atoms with Crippen molar-refractivity contribution in [1.82, 2.24) is 0 Å². The van der Waals surface area contributed by atoms with Crippen LogP contribution in [0.1, 0.15) is 5.56 Å². The fraction of sp³-hybridized carbons (Fsp3) is 0.200. The van der Waals surface area contributed by atoms with Crippen LogP contribution in [0, 0.1) is 0 Å². The topological polar surface area (TPSA) is 29.5 Å². The predicted octanol–water partition coefficient (Wildman–Crippen LogP) is 5.35. The zero-order valence-electron chi connectivity index (χ0n) is 13.3. The van der Waals surface area contributed by atoms with Gasteiger partial charge in [0, 0.05) is 16.5 Å². The molecule has 0 fully saturated rings. The summed E-state index contributed by atoms with van der Waals surface area (Å²) in [7, 11) is 1.82. The van der Waals surface area contributed by atoms with Gasteiger partial charge in [0.15, 0.2) is 4.90 Å². The number of aromatic hydroxyl groups is 1. The molecule has 0 aromatic heterocycles. The van der Waals surface area contributed by atoms with Crippen molar-refractivity contribution in [3.05, 3.63) is 54.1 Å². The Labute approximate surface area is 146 Å². The van der Waals surface area contributed by atoms with Crippen LogP contribution in [-0.2, 0) is 16.6 Å². The molecule has 2 nitrogen and oxygen atoms in total. The molecule has 2 rings (SSSR count).